The second-order valence-electron chi connectivity index (χ2n) is 5.88. The summed E-state index contributed by atoms with van der Waals surface area (Å²) < 4.78 is 40.2. The molecule has 0 saturated carbocycles. The first-order valence-electron chi connectivity index (χ1n) is 7.90. The maximum Gasteiger partial charge on any atom is 0.417 e. The number of pyridine rings is 1. The van der Waals surface area contributed by atoms with Gasteiger partial charge >= 0.3 is 6.18 Å². The molecule has 26 heavy (non-hydrogen) atoms. The molecule has 0 aliphatic heterocycles. The number of phenolic OH excluding ortho intramolecular Hbond substituents is 1. The maximum atomic E-state index is 13.0. The third kappa shape index (κ3) is 3.22. The lowest BCUT2D eigenvalue weighted by molar-refractivity contribution is -0.137. The predicted octanol–water partition coefficient (Wildman–Crippen LogP) is 4.18. The van der Waals surface area contributed by atoms with Gasteiger partial charge < -0.3 is 10.4 Å². The van der Waals surface area contributed by atoms with Crippen molar-refractivity contribution in [2.75, 3.05) is 5.32 Å². The van der Waals surface area contributed by atoms with E-state index in [0.29, 0.717) is 12.1 Å². The summed E-state index contributed by atoms with van der Waals surface area (Å²) in [4.78, 5) is 17.0. The minimum atomic E-state index is -4.53. The van der Waals surface area contributed by atoms with Gasteiger partial charge in [0.2, 0.25) is 0 Å². The summed E-state index contributed by atoms with van der Waals surface area (Å²) in [7, 11) is 0. The number of nitrogens with one attached hydrogen (secondary N) is 1. The Labute approximate surface area is 147 Å². The molecule has 0 spiro atoms. The van der Waals surface area contributed by atoms with Crippen molar-refractivity contribution in [2.45, 2.75) is 26.4 Å². The van der Waals surface area contributed by atoms with E-state index in [4.69, 9.17) is 0 Å². The van der Waals surface area contributed by atoms with Crippen LogP contribution in [0.2, 0.25) is 0 Å². The zero-order valence-electron chi connectivity index (χ0n) is 14.1. The molecule has 0 radical (unpaired) electrons. The molecule has 0 unspecified atom stereocenters. The van der Waals surface area contributed by atoms with Crippen LogP contribution in [0.15, 0.2) is 36.5 Å². The average Bonchev–Trinajstić information content (AvgIpc) is 2.95. The molecule has 3 rings (SSSR count). The Morgan fingerprint density at radius 2 is 2.00 bits per heavy atom. The van der Waals surface area contributed by atoms with Crippen molar-refractivity contribution >= 4 is 17.2 Å². The van der Waals surface area contributed by atoms with Gasteiger partial charge in [-0.05, 0) is 43.2 Å². The second-order valence-corrected chi connectivity index (χ2v) is 5.88. The molecular weight excluding hydrogens is 347 g/mol. The monoisotopic (exact) mass is 363 g/mol. The number of carbonyl (C=O) groups is 1. The number of hydrogen-bond acceptors (Lipinski definition) is 3. The number of halogens is 3. The van der Waals surface area contributed by atoms with E-state index in [0.717, 1.165) is 22.2 Å². The molecule has 0 bridgehead atoms. The van der Waals surface area contributed by atoms with Crippen LogP contribution >= 0.6 is 0 Å². The van der Waals surface area contributed by atoms with Gasteiger partial charge in [0, 0.05) is 6.20 Å². The molecule has 5 nitrogen and oxygen atoms in total. The number of phenols is 1. The van der Waals surface area contributed by atoms with Crippen LogP contribution in [-0.4, -0.2) is 20.4 Å². The van der Waals surface area contributed by atoms with Gasteiger partial charge in [0.05, 0.1) is 16.9 Å². The Morgan fingerprint density at radius 1 is 1.27 bits per heavy atom. The summed E-state index contributed by atoms with van der Waals surface area (Å²) in [5, 5.41) is 12.4. The maximum absolute atomic E-state index is 13.0. The van der Waals surface area contributed by atoms with Crippen molar-refractivity contribution < 1.29 is 23.1 Å². The zero-order valence-corrected chi connectivity index (χ0v) is 14.1. The van der Waals surface area contributed by atoms with Crippen LogP contribution in [0.1, 0.15) is 34.2 Å². The molecule has 0 fully saturated rings. The van der Waals surface area contributed by atoms with E-state index in [1.807, 2.05) is 0 Å². The van der Waals surface area contributed by atoms with Gasteiger partial charge in [-0.15, -0.1) is 0 Å². The molecule has 0 aliphatic carbocycles. The zero-order chi connectivity index (χ0) is 19.1. The second kappa shape index (κ2) is 6.36. The van der Waals surface area contributed by atoms with Gasteiger partial charge in [-0.25, -0.2) is 4.98 Å². The van der Waals surface area contributed by atoms with Crippen LogP contribution in [0, 0.1) is 6.92 Å². The molecule has 0 saturated heterocycles. The van der Waals surface area contributed by atoms with E-state index in [-0.39, 0.29) is 22.8 Å². The van der Waals surface area contributed by atoms with Gasteiger partial charge in [-0.2, -0.15) is 13.2 Å². The van der Waals surface area contributed by atoms with E-state index in [1.165, 1.54) is 12.1 Å². The Hall–Kier alpha value is -3.03. The fourth-order valence-corrected chi connectivity index (χ4v) is 2.68. The fourth-order valence-electron chi connectivity index (χ4n) is 2.68. The lowest BCUT2D eigenvalue weighted by Crippen LogP contribution is -2.17. The van der Waals surface area contributed by atoms with Crippen LogP contribution in [0.4, 0.5) is 18.9 Å². The van der Waals surface area contributed by atoms with Crippen molar-refractivity contribution in [3.63, 3.8) is 0 Å². The van der Waals surface area contributed by atoms with Crippen molar-refractivity contribution in [3.05, 3.63) is 59.0 Å². The van der Waals surface area contributed by atoms with Crippen LogP contribution in [-0.2, 0) is 12.6 Å². The molecule has 1 amide bonds. The Balaban J connectivity index is 2.10. The number of imidazole rings is 1. The van der Waals surface area contributed by atoms with E-state index in [2.05, 4.69) is 10.3 Å². The number of aromatic nitrogens is 2. The quantitative estimate of drug-likeness (QED) is 0.686. The first-order chi connectivity index (χ1) is 12.2. The van der Waals surface area contributed by atoms with Gasteiger partial charge in [0.25, 0.3) is 5.91 Å². The van der Waals surface area contributed by atoms with E-state index >= 15 is 0 Å². The molecular formula is C18H16F3N3O2. The van der Waals surface area contributed by atoms with Gasteiger partial charge in [-0.1, -0.05) is 13.0 Å². The number of anilines is 1. The van der Waals surface area contributed by atoms with Crippen molar-refractivity contribution in [2.24, 2.45) is 0 Å². The van der Waals surface area contributed by atoms with Gasteiger partial charge in [0.15, 0.2) is 0 Å². The minimum Gasteiger partial charge on any atom is -0.506 e. The number of hydrogen-bond donors (Lipinski definition) is 2. The van der Waals surface area contributed by atoms with Crippen LogP contribution in [0.5, 0.6) is 5.75 Å². The van der Waals surface area contributed by atoms with E-state index in [1.54, 1.807) is 26.0 Å². The number of aryl methyl sites for hydroxylation is 2. The van der Waals surface area contributed by atoms with Crippen molar-refractivity contribution in [1.82, 2.24) is 9.38 Å². The molecule has 0 atom stereocenters. The molecule has 0 aliphatic rings. The number of aromatic hydroxyl groups is 1. The number of nitrogens with zero attached hydrogens (tertiary/aromatic N) is 2. The Kier molecular flexibility index (Phi) is 4.35. The number of alkyl halides is 3. The number of rotatable bonds is 3. The molecule has 2 N–H and O–H groups in total. The highest BCUT2D eigenvalue weighted by molar-refractivity contribution is 6.05. The predicted molar refractivity (Wildman–Crippen MR) is 90.4 cm³/mol. The number of carbonyl (C=O) groups excluding carboxylic acids is 1. The topological polar surface area (TPSA) is 66.6 Å². The molecule has 1 aromatic carbocycles. The summed E-state index contributed by atoms with van der Waals surface area (Å²) >= 11 is 0. The summed E-state index contributed by atoms with van der Waals surface area (Å²) in [6.45, 7) is 3.55. The lowest BCUT2D eigenvalue weighted by atomic mass is 10.2. The van der Waals surface area contributed by atoms with Crippen LogP contribution in [0.3, 0.4) is 0 Å². The molecule has 3 aromatic rings. The SMILES string of the molecule is CCc1nc2ccc(C(F)(F)F)cn2c1C(=O)Nc1cc(C)ccc1O. The molecule has 2 aromatic heterocycles. The van der Waals surface area contributed by atoms with E-state index in [9.17, 15) is 23.1 Å². The summed E-state index contributed by atoms with van der Waals surface area (Å²) in [6, 6.07) is 6.83. The average molecular weight is 363 g/mol. The molecule has 136 valence electrons. The minimum absolute atomic E-state index is 0.00880. The normalized spacial score (nSPS) is 11.7. The summed E-state index contributed by atoms with van der Waals surface area (Å²) in [5.41, 5.74) is 0.736. The summed E-state index contributed by atoms with van der Waals surface area (Å²) in [5.74, 6) is -0.777. The highest BCUT2D eigenvalue weighted by Crippen LogP contribution is 2.30. The third-order valence-electron chi connectivity index (χ3n) is 3.97. The standard InChI is InChI=1S/C18H16F3N3O2/c1-3-12-16(17(26)23-13-8-10(2)4-6-14(13)25)24-9-11(18(19,20)21)5-7-15(24)22-12/h4-9,25H,3H2,1-2H3,(H,23,26). The largest absolute Gasteiger partial charge is 0.506 e. The summed E-state index contributed by atoms with van der Waals surface area (Å²) in [6.07, 6.45) is -3.31. The van der Waals surface area contributed by atoms with Gasteiger partial charge in [-0.3, -0.25) is 9.20 Å². The number of amides is 1. The van der Waals surface area contributed by atoms with Crippen LogP contribution in [0.25, 0.3) is 5.65 Å². The first kappa shape index (κ1) is 17.8. The first-order valence-corrected chi connectivity index (χ1v) is 7.90. The number of fused-ring (bicyclic) bond motifs is 1. The smallest absolute Gasteiger partial charge is 0.417 e. The molecule has 8 heteroatoms. The highest BCUT2D eigenvalue weighted by Gasteiger charge is 2.32. The van der Waals surface area contributed by atoms with E-state index < -0.39 is 17.6 Å². The Bertz CT molecular complexity index is 993. The van der Waals surface area contributed by atoms with Crippen LogP contribution < -0.4 is 5.32 Å². The number of benzene rings is 1. The third-order valence-corrected chi connectivity index (χ3v) is 3.97. The van der Waals surface area contributed by atoms with Crippen molar-refractivity contribution in [3.8, 4) is 5.75 Å². The highest BCUT2D eigenvalue weighted by atomic mass is 19.4. The molecule has 2 heterocycles. The fraction of sp³-hybridized carbons (Fsp3) is 0.222. The Morgan fingerprint density at radius 3 is 2.65 bits per heavy atom. The van der Waals surface area contributed by atoms with Gasteiger partial charge in [0.1, 0.15) is 17.1 Å². The van der Waals surface area contributed by atoms with Crippen molar-refractivity contribution in [1.29, 1.82) is 0 Å². The lowest BCUT2D eigenvalue weighted by Gasteiger charge is -2.11.